The van der Waals surface area contributed by atoms with Crippen molar-refractivity contribution in [3.63, 3.8) is 0 Å². The van der Waals surface area contributed by atoms with Gasteiger partial charge < -0.3 is 9.47 Å². The van der Waals surface area contributed by atoms with Crippen molar-refractivity contribution >= 4 is 5.97 Å². The minimum Gasteiger partial charge on any atom is -0.457 e. The van der Waals surface area contributed by atoms with Crippen LogP contribution in [0.25, 0.3) is 0 Å². The third-order valence-corrected chi connectivity index (χ3v) is 4.18. The molecule has 0 amide bonds. The van der Waals surface area contributed by atoms with E-state index in [0.717, 1.165) is 6.92 Å². The summed E-state index contributed by atoms with van der Waals surface area (Å²) < 4.78 is 231. The van der Waals surface area contributed by atoms with Crippen LogP contribution in [0.2, 0.25) is 0 Å². The number of alkyl halides is 17. The summed E-state index contributed by atoms with van der Waals surface area (Å²) in [4.78, 5) is 10.8. The minimum absolute atomic E-state index is 0.595. The molecule has 214 valence electrons. The van der Waals surface area contributed by atoms with Gasteiger partial charge >= 0.3 is 53.6 Å². The Labute approximate surface area is 189 Å². The number of ether oxygens (including phenoxy) is 2. The maximum atomic E-state index is 13.6. The molecule has 0 radical (unpaired) electrons. The van der Waals surface area contributed by atoms with Crippen LogP contribution in [0.3, 0.4) is 0 Å². The molecular weight excluding hydrogens is 563 g/mol. The lowest BCUT2D eigenvalue weighted by molar-refractivity contribution is -0.462. The monoisotopic (exact) mass is 576 g/mol. The molecular formula is C16H13F17O3. The Bertz CT molecular complexity index is 787. The molecule has 0 saturated carbocycles. The predicted octanol–water partition coefficient (Wildman–Crippen LogP) is 6.52. The molecule has 0 bridgehead atoms. The number of carbonyl (C=O) groups excluding carboxylic acids is 1. The van der Waals surface area contributed by atoms with Crippen molar-refractivity contribution in [3.05, 3.63) is 12.7 Å². The second-order valence-corrected chi connectivity index (χ2v) is 6.93. The van der Waals surface area contributed by atoms with Gasteiger partial charge in [0.15, 0.2) is 0 Å². The van der Waals surface area contributed by atoms with Crippen LogP contribution >= 0.6 is 0 Å². The van der Waals surface area contributed by atoms with E-state index in [1.165, 1.54) is 0 Å². The van der Waals surface area contributed by atoms with Crippen molar-refractivity contribution in [2.45, 2.75) is 67.1 Å². The van der Waals surface area contributed by atoms with Crippen LogP contribution in [0, 0.1) is 0 Å². The van der Waals surface area contributed by atoms with Crippen molar-refractivity contribution in [2.75, 3.05) is 13.2 Å². The summed E-state index contributed by atoms with van der Waals surface area (Å²) in [5.74, 6) is -57.7. The number of halogens is 17. The standard InChI is InChI=1S/C16H13F17O3/c1-3-8(34)36-7(2)6-35-5-4-9(17,18)10(19,20)11(21,22)12(23,24)13(25,26)14(27,28)15(29,30)16(31,32)33/h3,7H,1,4-6H2,2H3. The fraction of sp³-hybridized carbons (Fsp3) is 0.812. The second kappa shape index (κ2) is 10.0. The highest BCUT2D eigenvalue weighted by molar-refractivity contribution is 5.81. The van der Waals surface area contributed by atoms with E-state index in [-0.39, 0.29) is 0 Å². The zero-order valence-corrected chi connectivity index (χ0v) is 17.1. The lowest BCUT2D eigenvalue weighted by Gasteiger charge is -2.42. The third-order valence-electron chi connectivity index (χ3n) is 4.18. The van der Waals surface area contributed by atoms with Crippen LogP contribution in [-0.2, 0) is 14.3 Å². The van der Waals surface area contributed by atoms with Crippen LogP contribution in [0.4, 0.5) is 74.6 Å². The molecule has 1 unspecified atom stereocenters. The Hall–Kier alpha value is -2.02. The number of esters is 1. The van der Waals surface area contributed by atoms with Gasteiger partial charge in [-0.1, -0.05) is 6.58 Å². The van der Waals surface area contributed by atoms with Crippen molar-refractivity contribution in [3.8, 4) is 0 Å². The summed E-state index contributed by atoms with van der Waals surface area (Å²) in [6.07, 6.45) is -11.3. The Morgan fingerprint density at radius 3 is 1.42 bits per heavy atom. The highest BCUT2D eigenvalue weighted by atomic mass is 19.4. The molecule has 20 heteroatoms. The normalized spacial score (nSPS) is 16.1. The first-order chi connectivity index (χ1) is 15.6. The SMILES string of the molecule is C=CC(=O)OC(C)COCCC(F)(F)C(F)(F)C(F)(F)C(F)(F)C(F)(F)C(F)(F)C(F)(F)C(F)(F)F. The molecule has 0 aromatic heterocycles. The van der Waals surface area contributed by atoms with E-state index in [0.29, 0.717) is 6.08 Å². The van der Waals surface area contributed by atoms with E-state index >= 15 is 0 Å². The Morgan fingerprint density at radius 1 is 0.694 bits per heavy atom. The molecule has 0 rings (SSSR count). The van der Waals surface area contributed by atoms with Crippen molar-refractivity contribution < 1.29 is 88.9 Å². The summed E-state index contributed by atoms with van der Waals surface area (Å²) in [7, 11) is 0. The Kier molecular flexibility index (Phi) is 9.47. The van der Waals surface area contributed by atoms with Crippen LogP contribution in [0.5, 0.6) is 0 Å². The van der Waals surface area contributed by atoms with Crippen molar-refractivity contribution in [2.24, 2.45) is 0 Å². The largest absolute Gasteiger partial charge is 0.460 e. The van der Waals surface area contributed by atoms with Gasteiger partial charge in [-0.05, 0) is 6.92 Å². The zero-order valence-electron chi connectivity index (χ0n) is 17.1. The van der Waals surface area contributed by atoms with Gasteiger partial charge in [0.1, 0.15) is 6.10 Å². The molecule has 0 spiro atoms. The van der Waals surface area contributed by atoms with Crippen LogP contribution < -0.4 is 0 Å². The Balaban J connectivity index is 6.00. The number of hydrogen-bond acceptors (Lipinski definition) is 3. The summed E-state index contributed by atoms with van der Waals surface area (Å²) in [6, 6.07) is 0. The summed E-state index contributed by atoms with van der Waals surface area (Å²) in [5.41, 5.74) is 0. The van der Waals surface area contributed by atoms with Gasteiger partial charge in [0.05, 0.1) is 13.2 Å². The van der Waals surface area contributed by atoms with E-state index < -0.39 is 79.3 Å². The molecule has 0 heterocycles. The lowest BCUT2D eigenvalue weighted by atomic mass is 9.88. The van der Waals surface area contributed by atoms with E-state index in [2.05, 4.69) is 16.1 Å². The molecule has 36 heavy (non-hydrogen) atoms. The maximum absolute atomic E-state index is 13.6. The first-order valence-electron chi connectivity index (χ1n) is 8.72. The van der Waals surface area contributed by atoms with E-state index in [4.69, 9.17) is 0 Å². The van der Waals surface area contributed by atoms with Gasteiger partial charge in [0, 0.05) is 12.5 Å². The molecule has 1 atom stereocenters. The van der Waals surface area contributed by atoms with Crippen LogP contribution in [0.1, 0.15) is 13.3 Å². The smallest absolute Gasteiger partial charge is 0.457 e. The van der Waals surface area contributed by atoms with Gasteiger partial charge in [0.2, 0.25) is 0 Å². The zero-order chi connectivity index (χ0) is 29.4. The van der Waals surface area contributed by atoms with Gasteiger partial charge in [-0.3, -0.25) is 0 Å². The minimum atomic E-state index is -8.66. The summed E-state index contributed by atoms with van der Waals surface area (Å²) >= 11 is 0. The molecule has 0 aliphatic rings. The molecule has 0 N–H and O–H groups in total. The summed E-state index contributed by atoms with van der Waals surface area (Å²) in [6.45, 7) is 1.24. The lowest BCUT2D eigenvalue weighted by Crippen LogP contribution is -2.74. The van der Waals surface area contributed by atoms with Gasteiger partial charge in [-0.25, -0.2) is 4.79 Å². The molecule has 0 aromatic rings. The average molecular weight is 576 g/mol. The fourth-order valence-electron chi connectivity index (χ4n) is 2.08. The van der Waals surface area contributed by atoms with Gasteiger partial charge in [-0.15, -0.1) is 0 Å². The summed E-state index contributed by atoms with van der Waals surface area (Å²) in [5, 5.41) is 0. The molecule has 3 nitrogen and oxygen atoms in total. The number of carbonyl (C=O) groups is 1. The highest BCUT2D eigenvalue weighted by Gasteiger charge is 2.95. The van der Waals surface area contributed by atoms with E-state index in [1.54, 1.807) is 0 Å². The number of rotatable bonds is 13. The second-order valence-electron chi connectivity index (χ2n) is 6.93. The maximum Gasteiger partial charge on any atom is 0.460 e. The molecule has 0 saturated heterocycles. The first-order valence-corrected chi connectivity index (χ1v) is 8.72. The molecule has 0 aliphatic heterocycles. The average Bonchev–Trinajstić information content (AvgIpc) is 2.69. The highest BCUT2D eigenvalue weighted by Crippen LogP contribution is 2.64. The predicted molar refractivity (Wildman–Crippen MR) is 81.9 cm³/mol. The van der Waals surface area contributed by atoms with Crippen molar-refractivity contribution in [1.82, 2.24) is 0 Å². The van der Waals surface area contributed by atoms with E-state index in [1.807, 2.05) is 0 Å². The molecule has 0 aliphatic carbocycles. The number of hydrogen-bond donors (Lipinski definition) is 0. The van der Waals surface area contributed by atoms with Gasteiger partial charge in [0.25, 0.3) is 0 Å². The van der Waals surface area contributed by atoms with Crippen LogP contribution in [0.15, 0.2) is 12.7 Å². The Morgan fingerprint density at radius 2 is 1.06 bits per heavy atom. The quantitative estimate of drug-likeness (QED) is 0.109. The molecule has 0 aromatic carbocycles. The molecule has 0 fully saturated rings. The first kappa shape index (κ1) is 34.0. The third kappa shape index (κ3) is 5.46. The fourth-order valence-corrected chi connectivity index (χ4v) is 2.08. The van der Waals surface area contributed by atoms with Crippen molar-refractivity contribution in [1.29, 1.82) is 0 Å². The topological polar surface area (TPSA) is 35.5 Å². The van der Waals surface area contributed by atoms with E-state index in [9.17, 15) is 79.4 Å². The van der Waals surface area contributed by atoms with Gasteiger partial charge in [-0.2, -0.15) is 74.6 Å². The van der Waals surface area contributed by atoms with Crippen LogP contribution in [-0.4, -0.2) is 72.9 Å².